The summed E-state index contributed by atoms with van der Waals surface area (Å²) in [4.78, 5) is 18.3. The maximum atomic E-state index is 13.3. The summed E-state index contributed by atoms with van der Waals surface area (Å²) in [6.45, 7) is 7.05. The first-order valence-corrected chi connectivity index (χ1v) is 11.8. The topological polar surface area (TPSA) is 83.1 Å². The van der Waals surface area contributed by atoms with Crippen molar-refractivity contribution in [2.24, 2.45) is 0 Å². The third-order valence-electron chi connectivity index (χ3n) is 5.42. The van der Waals surface area contributed by atoms with Crippen LogP contribution >= 0.6 is 0 Å². The van der Waals surface area contributed by atoms with Gasteiger partial charge in [-0.25, -0.2) is 4.79 Å². The molecule has 1 aromatic carbocycles. The SMILES string of the molecule is CC(C)(C)OC(=O)N1CCC(N2CCN(c3cccc(-c4ccccn4)c3)S2(=O)=O)C1. The van der Waals surface area contributed by atoms with Crippen molar-refractivity contribution in [3.05, 3.63) is 48.7 Å². The highest BCUT2D eigenvalue weighted by molar-refractivity contribution is 7.90. The highest BCUT2D eigenvalue weighted by atomic mass is 32.2. The standard InChI is InChI=1S/C22H28N4O4S/c1-22(2,3)30-21(27)24-12-10-19(16-24)26-14-13-25(31(26,28)29)18-8-6-7-17(15-18)20-9-4-5-11-23-20/h4-9,11,15,19H,10,12-14,16H2,1-3H3. The predicted molar refractivity (Wildman–Crippen MR) is 119 cm³/mol. The lowest BCUT2D eigenvalue weighted by atomic mass is 10.1. The number of anilines is 1. The molecule has 3 heterocycles. The van der Waals surface area contributed by atoms with Crippen LogP contribution in [0, 0.1) is 0 Å². The van der Waals surface area contributed by atoms with E-state index in [0.717, 1.165) is 11.3 Å². The summed E-state index contributed by atoms with van der Waals surface area (Å²) in [5.74, 6) is 0. The number of hydrogen-bond donors (Lipinski definition) is 0. The van der Waals surface area contributed by atoms with Crippen molar-refractivity contribution >= 4 is 22.0 Å². The fourth-order valence-electron chi connectivity index (χ4n) is 4.00. The average Bonchev–Trinajstić information content (AvgIpc) is 3.31. The fourth-order valence-corrected chi connectivity index (χ4v) is 5.81. The van der Waals surface area contributed by atoms with E-state index < -0.39 is 21.9 Å². The zero-order valence-electron chi connectivity index (χ0n) is 18.1. The van der Waals surface area contributed by atoms with E-state index in [1.54, 1.807) is 17.2 Å². The second kappa shape index (κ2) is 8.12. The summed E-state index contributed by atoms with van der Waals surface area (Å²) in [6, 6.07) is 12.8. The van der Waals surface area contributed by atoms with Gasteiger partial charge in [0.1, 0.15) is 5.60 Å². The van der Waals surface area contributed by atoms with Gasteiger partial charge in [0.15, 0.2) is 0 Å². The number of carbonyl (C=O) groups is 1. The quantitative estimate of drug-likeness (QED) is 0.726. The van der Waals surface area contributed by atoms with E-state index in [-0.39, 0.29) is 6.04 Å². The summed E-state index contributed by atoms with van der Waals surface area (Å²) < 4.78 is 35.1. The number of likely N-dealkylation sites (tertiary alicyclic amines) is 1. The van der Waals surface area contributed by atoms with E-state index in [1.165, 1.54) is 8.61 Å². The van der Waals surface area contributed by atoms with E-state index in [4.69, 9.17) is 4.74 Å². The van der Waals surface area contributed by atoms with Crippen LogP contribution in [0.4, 0.5) is 10.5 Å². The van der Waals surface area contributed by atoms with Crippen LogP contribution in [0.25, 0.3) is 11.3 Å². The first-order valence-electron chi connectivity index (χ1n) is 10.4. The summed E-state index contributed by atoms with van der Waals surface area (Å²) in [7, 11) is -3.68. The minimum Gasteiger partial charge on any atom is -0.444 e. The summed E-state index contributed by atoms with van der Waals surface area (Å²) in [5, 5.41) is 0. The van der Waals surface area contributed by atoms with Crippen molar-refractivity contribution in [2.75, 3.05) is 30.5 Å². The van der Waals surface area contributed by atoms with Gasteiger partial charge in [0.05, 0.1) is 11.4 Å². The van der Waals surface area contributed by atoms with E-state index in [0.29, 0.717) is 38.3 Å². The van der Waals surface area contributed by atoms with E-state index >= 15 is 0 Å². The lowest BCUT2D eigenvalue weighted by molar-refractivity contribution is 0.0287. The van der Waals surface area contributed by atoms with Crippen molar-refractivity contribution < 1.29 is 17.9 Å². The van der Waals surface area contributed by atoms with Crippen LogP contribution in [-0.4, -0.2) is 66.5 Å². The normalized spacial score (nSPS) is 21.5. The van der Waals surface area contributed by atoms with Gasteiger partial charge in [0.25, 0.3) is 0 Å². The van der Waals surface area contributed by atoms with Crippen molar-refractivity contribution in [2.45, 2.75) is 38.8 Å². The molecule has 2 saturated heterocycles. The molecule has 31 heavy (non-hydrogen) atoms. The van der Waals surface area contributed by atoms with Crippen LogP contribution in [-0.2, 0) is 14.9 Å². The van der Waals surface area contributed by atoms with E-state index in [2.05, 4.69) is 4.98 Å². The number of amides is 1. The molecule has 1 atom stereocenters. The van der Waals surface area contributed by atoms with E-state index in [1.807, 2.05) is 57.2 Å². The molecule has 2 aliphatic rings. The Bertz CT molecular complexity index is 1050. The van der Waals surface area contributed by atoms with Crippen molar-refractivity contribution in [1.29, 1.82) is 0 Å². The molecule has 0 N–H and O–H groups in total. The molecule has 2 aliphatic heterocycles. The van der Waals surface area contributed by atoms with Gasteiger partial charge in [0, 0.05) is 44.0 Å². The summed E-state index contributed by atoms with van der Waals surface area (Å²) in [5.41, 5.74) is 1.70. The van der Waals surface area contributed by atoms with Gasteiger partial charge in [-0.1, -0.05) is 18.2 Å². The first-order chi connectivity index (χ1) is 14.6. The maximum absolute atomic E-state index is 13.3. The molecule has 2 fully saturated rings. The third kappa shape index (κ3) is 4.52. The Kier molecular flexibility index (Phi) is 5.65. The van der Waals surface area contributed by atoms with Crippen LogP contribution in [0.2, 0.25) is 0 Å². The molecular weight excluding hydrogens is 416 g/mol. The minimum absolute atomic E-state index is 0.249. The molecule has 0 saturated carbocycles. The molecule has 1 unspecified atom stereocenters. The largest absolute Gasteiger partial charge is 0.444 e. The molecule has 166 valence electrons. The molecule has 0 radical (unpaired) electrons. The van der Waals surface area contributed by atoms with Crippen LogP contribution in [0.3, 0.4) is 0 Å². The molecule has 1 aromatic heterocycles. The molecule has 0 spiro atoms. The number of rotatable bonds is 3. The maximum Gasteiger partial charge on any atom is 0.410 e. The Morgan fingerprint density at radius 3 is 2.61 bits per heavy atom. The van der Waals surface area contributed by atoms with Gasteiger partial charge >= 0.3 is 16.3 Å². The van der Waals surface area contributed by atoms with Gasteiger partial charge in [-0.15, -0.1) is 0 Å². The monoisotopic (exact) mass is 444 g/mol. The molecule has 1 amide bonds. The van der Waals surface area contributed by atoms with Crippen LogP contribution in [0.15, 0.2) is 48.7 Å². The van der Waals surface area contributed by atoms with Crippen LogP contribution in [0.5, 0.6) is 0 Å². The third-order valence-corrected chi connectivity index (χ3v) is 7.44. The highest BCUT2D eigenvalue weighted by Crippen LogP contribution is 2.32. The van der Waals surface area contributed by atoms with Gasteiger partial charge in [0.2, 0.25) is 0 Å². The number of benzene rings is 1. The molecule has 4 rings (SSSR count). The number of carbonyl (C=O) groups excluding carboxylic acids is 1. The van der Waals surface area contributed by atoms with Crippen LogP contribution in [0.1, 0.15) is 27.2 Å². The fraction of sp³-hybridized carbons (Fsp3) is 0.455. The smallest absolute Gasteiger partial charge is 0.410 e. The number of nitrogens with zero attached hydrogens (tertiary/aromatic N) is 4. The van der Waals surface area contributed by atoms with Crippen molar-refractivity contribution in [1.82, 2.24) is 14.2 Å². The second-order valence-electron chi connectivity index (χ2n) is 8.82. The number of aromatic nitrogens is 1. The zero-order valence-corrected chi connectivity index (χ0v) is 18.9. The second-order valence-corrected chi connectivity index (χ2v) is 10.6. The van der Waals surface area contributed by atoms with Crippen molar-refractivity contribution in [3.8, 4) is 11.3 Å². The van der Waals surface area contributed by atoms with Gasteiger partial charge in [-0.05, 0) is 51.5 Å². The Balaban J connectivity index is 1.49. The van der Waals surface area contributed by atoms with Gasteiger partial charge < -0.3 is 9.64 Å². The predicted octanol–water partition coefficient (Wildman–Crippen LogP) is 3.12. The summed E-state index contributed by atoms with van der Waals surface area (Å²) >= 11 is 0. The Hall–Kier alpha value is -2.65. The summed E-state index contributed by atoms with van der Waals surface area (Å²) in [6.07, 6.45) is 1.92. The Labute approximate surface area is 183 Å². The van der Waals surface area contributed by atoms with Crippen molar-refractivity contribution in [3.63, 3.8) is 0 Å². The molecule has 2 aromatic rings. The lowest BCUT2D eigenvalue weighted by Crippen LogP contribution is -2.43. The van der Waals surface area contributed by atoms with Crippen LogP contribution < -0.4 is 4.31 Å². The Morgan fingerprint density at radius 1 is 1.10 bits per heavy atom. The lowest BCUT2D eigenvalue weighted by Gasteiger charge is -2.26. The number of hydrogen-bond acceptors (Lipinski definition) is 5. The number of pyridine rings is 1. The highest BCUT2D eigenvalue weighted by Gasteiger charge is 2.44. The van der Waals surface area contributed by atoms with E-state index in [9.17, 15) is 13.2 Å². The Morgan fingerprint density at radius 2 is 1.90 bits per heavy atom. The molecule has 0 aliphatic carbocycles. The zero-order chi connectivity index (χ0) is 22.2. The van der Waals surface area contributed by atoms with Gasteiger partial charge in [-0.3, -0.25) is 9.29 Å². The number of ether oxygens (including phenoxy) is 1. The molecule has 8 nitrogen and oxygen atoms in total. The molecular formula is C22H28N4O4S. The average molecular weight is 445 g/mol. The first kappa shape index (κ1) is 21.6. The minimum atomic E-state index is -3.68. The van der Waals surface area contributed by atoms with Gasteiger partial charge in [-0.2, -0.15) is 12.7 Å². The molecule has 0 bridgehead atoms. The molecule has 9 heteroatoms.